The lowest BCUT2D eigenvalue weighted by atomic mass is 10.1. The van der Waals surface area contributed by atoms with Gasteiger partial charge in [0.1, 0.15) is 5.82 Å². The lowest BCUT2D eigenvalue weighted by Gasteiger charge is -2.14. The number of carbonyl (C=O) groups is 1. The maximum absolute atomic E-state index is 13.5. The number of rotatable bonds is 5. The second-order valence-electron chi connectivity index (χ2n) is 4.21. The number of aromatic nitrogens is 4. The monoisotopic (exact) mass is 298 g/mol. The molecule has 0 amide bonds. The first-order chi connectivity index (χ1) is 9.54. The number of carboxylic acid groups (broad SMARTS) is 1. The van der Waals surface area contributed by atoms with Crippen LogP contribution in [0.25, 0.3) is 11.4 Å². The van der Waals surface area contributed by atoms with Crippen LogP contribution in [0.2, 0.25) is 5.02 Å². The Balaban J connectivity index is 2.47. The third kappa shape index (κ3) is 2.77. The van der Waals surface area contributed by atoms with Crippen molar-refractivity contribution >= 4 is 17.6 Å². The summed E-state index contributed by atoms with van der Waals surface area (Å²) < 4.78 is 14.9. The molecular weight excluding hydrogens is 287 g/mol. The summed E-state index contributed by atoms with van der Waals surface area (Å²) in [6, 6.07) is 3.89. The number of tetrazole rings is 1. The maximum Gasteiger partial charge on any atom is 0.305 e. The number of carboxylic acids is 1. The summed E-state index contributed by atoms with van der Waals surface area (Å²) in [5, 5.41) is 20.0. The lowest BCUT2D eigenvalue weighted by molar-refractivity contribution is -0.138. The molecule has 106 valence electrons. The third-order valence-corrected chi connectivity index (χ3v) is 3.30. The molecule has 1 unspecified atom stereocenters. The zero-order valence-corrected chi connectivity index (χ0v) is 11.4. The molecule has 0 aliphatic heterocycles. The Morgan fingerprint density at radius 2 is 2.30 bits per heavy atom. The van der Waals surface area contributed by atoms with E-state index >= 15 is 0 Å². The minimum absolute atomic E-state index is 0.0891. The first-order valence-electron chi connectivity index (χ1n) is 5.98. The molecule has 1 aromatic carbocycles. The minimum atomic E-state index is -0.955. The van der Waals surface area contributed by atoms with Crippen LogP contribution in [0.1, 0.15) is 25.8 Å². The van der Waals surface area contributed by atoms with Crippen LogP contribution in [0.4, 0.5) is 4.39 Å². The molecule has 0 saturated carbocycles. The molecule has 0 aliphatic carbocycles. The van der Waals surface area contributed by atoms with Gasteiger partial charge >= 0.3 is 5.97 Å². The molecule has 2 aromatic rings. The van der Waals surface area contributed by atoms with Gasteiger partial charge in [-0.3, -0.25) is 4.79 Å². The second kappa shape index (κ2) is 5.96. The molecule has 1 heterocycles. The Bertz CT molecular complexity index is 632. The van der Waals surface area contributed by atoms with Crippen molar-refractivity contribution < 1.29 is 14.3 Å². The topological polar surface area (TPSA) is 80.9 Å². The molecule has 0 radical (unpaired) electrons. The summed E-state index contributed by atoms with van der Waals surface area (Å²) in [4.78, 5) is 10.9. The molecule has 0 aliphatic rings. The number of benzene rings is 1. The fourth-order valence-electron chi connectivity index (χ4n) is 1.90. The Morgan fingerprint density at radius 3 is 2.95 bits per heavy atom. The number of hydrogen-bond acceptors (Lipinski definition) is 4. The highest BCUT2D eigenvalue weighted by atomic mass is 35.5. The van der Waals surface area contributed by atoms with Gasteiger partial charge in [0.2, 0.25) is 0 Å². The van der Waals surface area contributed by atoms with Crippen LogP contribution in [-0.4, -0.2) is 31.3 Å². The van der Waals surface area contributed by atoms with E-state index in [2.05, 4.69) is 15.5 Å². The van der Waals surface area contributed by atoms with E-state index in [-0.39, 0.29) is 17.3 Å². The molecule has 0 fully saturated rings. The van der Waals surface area contributed by atoms with E-state index in [1.807, 2.05) is 6.92 Å². The summed E-state index contributed by atoms with van der Waals surface area (Å²) in [5.41, 5.74) is 0.334. The minimum Gasteiger partial charge on any atom is -0.481 e. The van der Waals surface area contributed by atoms with E-state index in [0.717, 1.165) is 0 Å². The van der Waals surface area contributed by atoms with Gasteiger partial charge in [0.05, 0.1) is 17.5 Å². The Kier molecular flexibility index (Phi) is 4.29. The molecule has 1 atom stereocenters. The summed E-state index contributed by atoms with van der Waals surface area (Å²) >= 11 is 5.91. The fraction of sp³-hybridized carbons (Fsp3) is 0.333. The predicted molar refractivity (Wildman–Crippen MR) is 69.8 cm³/mol. The zero-order chi connectivity index (χ0) is 14.7. The van der Waals surface area contributed by atoms with Gasteiger partial charge in [0.25, 0.3) is 0 Å². The van der Waals surface area contributed by atoms with Gasteiger partial charge in [0, 0.05) is 5.56 Å². The molecule has 1 N–H and O–H groups in total. The number of aliphatic carboxylic acids is 1. The number of halogens is 2. The first-order valence-corrected chi connectivity index (χ1v) is 6.36. The lowest BCUT2D eigenvalue weighted by Crippen LogP contribution is -2.15. The van der Waals surface area contributed by atoms with Crippen LogP contribution in [0.5, 0.6) is 0 Å². The Labute approximate surface area is 119 Å². The van der Waals surface area contributed by atoms with Gasteiger partial charge in [-0.2, -0.15) is 0 Å². The van der Waals surface area contributed by atoms with E-state index in [1.54, 1.807) is 6.07 Å². The van der Waals surface area contributed by atoms with Crippen molar-refractivity contribution in [2.24, 2.45) is 0 Å². The smallest absolute Gasteiger partial charge is 0.305 e. The van der Waals surface area contributed by atoms with Crippen molar-refractivity contribution in [3.8, 4) is 11.4 Å². The molecule has 1 aromatic heterocycles. The van der Waals surface area contributed by atoms with E-state index in [9.17, 15) is 9.18 Å². The molecule has 20 heavy (non-hydrogen) atoms. The van der Waals surface area contributed by atoms with Crippen LogP contribution >= 0.6 is 11.6 Å². The summed E-state index contributed by atoms with van der Waals surface area (Å²) in [6.45, 7) is 1.83. The van der Waals surface area contributed by atoms with Crippen LogP contribution in [0, 0.1) is 5.82 Å². The van der Waals surface area contributed by atoms with Crippen molar-refractivity contribution in [3.63, 3.8) is 0 Å². The SMILES string of the molecule is CCC(CC(=O)O)n1nnnc1-c1cccc(F)c1Cl. The molecule has 8 heteroatoms. The molecule has 2 rings (SSSR count). The highest BCUT2D eigenvalue weighted by molar-refractivity contribution is 6.33. The highest BCUT2D eigenvalue weighted by Gasteiger charge is 2.21. The van der Waals surface area contributed by atoms with Crippen molar-refractivity contribution in [1.82, 2.24) is 20.2 Å². The first kappa shape index (κ1) is 14.4. The average molecular weight is 299 g/mol. The Morgan fingerprint density at radius 1 is 1.55 bits per heavy atom. The molecule has 0 spiro atoms. The predicted octanol–water partition coefficient (Wildman–Crippen LogP) is 2.56. The van der Waals surface area contributed by atoms with Crippen LogP contribution < -0.4 is 0 Å². The van der Waals surface area contributed by atoms with E-state index in [4.69, 9.17) is 16.7 Å². The molecule has 0 saturated heterocycles. The summed E-state index contributed by atoms with van der Waals surface area (Å²) in [6.07, 6.45) is 0.402. The van der Waals surface area contributed by atoms with Gasteiger partial charge in [0.15, 0.2) is 5.82 Å². The zero-order valence-electron chi connectivity index (χ0n) is 10.6. The van der Waals surface area contributed by atoms with E-state index in [1.165, 1.54) is 16.8 Å². The highest BCUT2D eigenvalue weighted by Crippen LogP contribution is 2.30. The van der Waals surface area contributed by atoms with Gasteiger partial charge < -0.3 is 5.11 Å². The summed E-state index contributed by atoms with van der Waals surface area (Å²) in [5.74, 6) is -1.28. The van der Waals surface area contributed by atoms with E-state index in [0.29, 0.717) is 12.0 Å². The van der Waals surface area contributed by atoms with Gasteiger partial charge in [-0.15, -0.1) is 5.10 Å². The fourth-order valence-corrected chi connectivity index (χ4v) is 2.11. The van der Waals surface area contributed by atoms with Crippen molar-refractivity contribution in [2.75, 3.05) is 0 Å². The molecular formula is C12H12ClFN4O2. The Hall–Kier alpha value is -2.02. The third-order valence-electron chi connectivity index (χ3n) is 2.91. The number of hydrogen-bond donors (Lipinski definition) is 1. The van der Waals surface area contributed by atoms with Crippen LogP contribution in [-0.2, 0) is 4.79 Å². The van der Waals surface area contributed by atoms with Crippen molar-refractivity contribution in [3.05, 3.63) is 29.0 Å². The summed E-state index contributed by atoms with van der Waals surface area (Å²) in [7, 11) is 0. The van der Waals surface area contributed by atoms with Gasteiger partial charge in [-0.1, -0.05) is 24.6 Å². The van der Waals surface area contributed by atoms with Gasteiger partial charge in [-0.25, -0.2) is 9.07 Å². The number of nitrogens with zero attached hydrogens (tertiary/aromatic N) is 4. The van der Waals surface area contributed by atoms with E-state index < -0.39 is 17.8 Å². The maximum atomic E-state index is 13.5. The second-order valence-corrected chi connectivity index (χ2v) is 4.59. The average Bonchev–Trinajstić information content (AvgIpc) is 2.88. The normalized spacial score (nSPS) is 12.3. The largest absolute Gasteiger partial charge is 0.481 e. The van der Waals surface area contributed by atoms with Crippen molar-refractivity contribution in [1.29, 1.82) is 0 Å². The quantitative estimate of drug-likeness (QED) is 0.917. The van der Waals surface area contributed by atoms with Crippen LogP contribution in [0.15, 0.2) is 18.2 Å². The van der Waals surface area contributed by atoms with Crippen LogP contribution in [0.3, 0.4) is 0 Å². The standard InChI is InChI=1S/C12H12ClFN4O2/c1-2-7(6-10(19)20)18-12(15-16-17-18)8-4-3-5-9(14)11(8)13/h3-5,7H,2,6H2,1H3,(H,19,20). The van der Waals surface area contributed by atoms with Crippen molar-refractivity contribution in [2.45, 2.75) is 25.8 Å². The molecule has 6 nitrogen and oxygen atoms in total. The molecule has 0 bridgehead atoms. The van der Waals surface area contributed by atoms with Gasteiger partial charge in [-0.05, 0) is 29.0 Å².